The van der Waals surface area contributed by atoms with Crippen LogP contribution in [0.25, 0.3) is 0 Å². The van der Waals surface area contributed by atoms with Crippen LogP contribution in [0, 0.1) is 31.1 Å². The van der Waals surface area contributed by atoms with Crippen LogP contribution in [0.1, 0.15) is 72.1 Å². The fourth-order valence-electron chi connectivity index (χ4n) is 7.61. The van der Waals surface area contributed by atoms with Crippen LogP contribution in [0.15, 0.2) is 36.4 Å². The van der Waals surface area contributed by atoms with E-state index in [4.69, 9.17) is 33.7 Å². The standard InChI is InChI=1S/C19H26ClN3O4.C14H18ClN3O2/c1-18(2,3)27-17(24)21-13-11-19(12-13)6-8-22(9-7-19)16-5-4-14(23(25)26)10-15(16)20;15-12-7-11(18(19)20)1-2-13(12)17-5-3-14(4-6-17)8-10(16)9-14/h4-5,10,13H,6-9,11-12H2,1-3H3,(H,21,24);1-2,7,10H,3-6,8-9,16H2. The number of non-ortho nitro benzene ring substituents is 2. The molecule has 1 amide bonds. The van der Waals surface area contributed by atoms with E-state index in [0.29, 0.717) is 21.5 Å². The van der Waals surface area contributed by atoms with Gasteiger partial charge in [-0.15, -0.1) is 0 Å². The summed E-state index contributed by atoms with van der Waals surface area (Å²) in [5, 5.41) is 25.4. The van der Waals surface area contributed by atoms with Gasteiger partial charge in [0.1, 0.15) is 5.60 Å². The molecule has 47 heavy (non-hydrogen) atoms. The van der Waals surface area contributed by atoms with E-state index >= 15 is 0 Å². The number of anilines is 2. The van der Waals surface area contributed by atoms with E-state index < -0.39 is 15.4 Å². The molecule has 14 heteroatoms. The number of hydrogen-bond acceptors (Lipinski definition) is 9. The molecule has 2 saturated carbocycles. The van der Waals surface area contributed by atoms with Gasteiger partial charge in [0.2, 0.25) is 0 Å². The van der Waals surface area contributed by atoms with E-state index in [0.717, 1.165) is 88.9 Å². The molecule has 0 bridgehead atoms. The van der Waals surface area contributed by atoms with Crippen molar-refractivity contribution in [2.24, 2.45) is 16.6 Å². The molecule has 2 aromatic rings. The molecule has 2 aromatic carbocycles. The fourth-order valence-corrected chi connectivity index (χ4v) is 8.20. The van der Waals surface area contributed by atoms with Gasteiger partial charge in [0.25, 0.3) is 11.4 Å². The Morgan fingerprint density at radius 1 is 0.830 bits per heavy atom. The Bertz CT molecular complexity index is 1480. The summed E-state index contributed by atoms with van der Waals surface area (Å²) in [6.07, 6.45) is 8.16. The predicted molar refractivity (Wildman–Crippen MR) is 184 cm³/mol. The zero-order valence-electron chi connectivity index (χ0n) is 27.2. The van der Waals surface area contributed by atoms with Crippen molar-refractivity contribution in [3.8, 4) is 0 Å². The molecule has 0 atom stereocenters. The maximum atomic E-state index is 11.9. The van der Waals surface area contributed by atoms with E-state index in [-0.39, 0.29) is 28.9 Å². The molecule has 2 saturated heterocycles. The summed E-state index contributed by atoms with van der Waals surface area (Å²) in [7, 11) is 0. The highest BCUT2D eigenvalue weighted by Crippen LogP contribution is 2.51. The van der Waals surface area contributed by atoms with Gasteiger partial charge in [-0.2, -0.15) is 0 Å². The second kappa shape index (κ2) is 13.6. The lowest BCUT2D eigenvalue weighted by molar-refractivity contribution is -0.385. The summed E-state index contributed by atoms with van der Waals surface area (Å²) in [5.74, 6) is 0. The van der Waals surface area contributed by atoms with Crippen molar-refractivity contribution in [3.05, 3.63) is 66.7 Å². The summed E-state index contributed by atoms with van der Waals surface area (Å²) in [5.41, 5.74) is 7.92. The van der Waals surface area contributed by atoms with Gasteiger partial charge in [-0.25, -0.2) is 4.79 Å². The number of carbonyl (C=O) groups is 1. The number of benzene rings is 2. The number of hydrogen-bond donors (Lipinski definition) is 2. The van der Waals surface area contributed by atoms with Gasteiger partial charge in [-0.05, 0) is 95.1 Å². The Morgan fingerprint density at radius 3 is 1.57 bits per heavy atom. The first-order valence-corrected chi connectivity index (χ1v) is 16.9. The quantitative estimate of drug-likeness (QED) is 0.240. The summed E-state index contributed by atoms with van der Waals surface area (Å²) in [6.45, 7) is 9.18. The first kappa shape index (κ1) is 35.0. The molecular weight excluding hydrogens is 647 g/mol. The van der Waals surface area contributed by atoms with E-state index in [1.54, 1.807) is 12.1 Å². The lowest BCUT2D eigenvalue weighted by atomic mass is 9.60. The van der Waals surface area contributed by atoms with Gasteiger partial charge in [-0.3, -0.25) is 20.2 Å². The molecule has 12 nitrogen and oxygen atoms in total. The summed E-state index contributed by atoms with van der Waals surface area (Å²) in [4.78, 5) is 37.0. The zero-order chi connectivity index (χ0) is 34.1. The molecule has 3 N–H and O–H groups in total. The van der Waals surface area contributed by atoms with E-state index in [2.05, 4.69) is 15.1 Å². The van der Waals surface area contributed by atoms with Crippen LogP contribution in [0.2, 0.25) is 10.0 Å². The minimum absolute atomic E-state index is 0.00674. The Hall–Kier alpha value is -3.35. The van der Waals surface area contributed by atoms with Crippen LogP contribution in [0.3, 0.4) is 0 Å². The van der Waals surface area contributed by atoms with Crippen LogP contribution in [-0.2, 0) is 4.74 Å². The smallest absolute Gasteiger partial charge is 0.407 e. The topological polar surface area (TPSA) is 157 Å². The normalized spacial score (nSPS) is 21.6. The van der Waals surface area contributed by atoms with Crippen molar-refractivity contribution < 1.29 is 19.4 Å². The zero-order valence-corrected chi connectivity index (χ0v) is 28.7. The highest BCUT2D eigenvalue weighted by atomic mass is 35.5. The van der Waals surface area contributed by atoms with Crippen LogP contribution in [-0.4, -0.2) is 59.8 Å². The Balaban J connectivity index is 0.000000193. The number of nitro groups is 2. The number of nitrogens with one attached hydrogen (secondary N) is 1. The number of halogens is 2. The van der Waals surface area contributed by atoms with E-state index in [1.165, 1.54) is 24.3 Å². The maximum Gasteiger partial charge on any atom is 0.407 e. The van der Waals surface area contributed by atoms with Gasteiger partial charge in [0.15, 0.2) is 0 Å². The lowest BCUT2D eigenvalue weighted by Crippen LogP contribution is -2.55. The lowest BCUT2D eigenvalue weighted by Gasteiger charge is -2.52. The van der Waals surface area contributed by atoms with Crippen LogP contribution < -0.4 is 20.9 Å². The minimum Gasteiger partial charge on any atom is -0.444 e. The highest BCUT2D eigenvalue weighted by molar-refractivity contribution is 6.33. The molecular formula is C33H44Cl2N6O6. The number of ether oxygens (including phenoxy) is 1. The molecule has 256 valence electrons. The highest BCUT2D eigenvalue weighted by Gasteiger charge is 2.47. The Labute approximate surface area is 285 Å². The van der Waals surface area contributed by atoms with Crippen LogP contribution >= 0.6 is 23.2 Å². The maximum absolute atomic E-state index is 11.9. The molecule has 2 heterocycles. The van der Waals surface area contributed by atoms with Gasteiger partial charge < -0.3 is 25.6 Å². The molecule has 4 fully saturated rings. The van der Waals surface area contributed by atoms with Gasteiger partial charge in [-0.1, -0.05) is 23.2 Å². The van der Waals surface area contributed by atoms with Crippen LogP contribution in [0.4, 0.5) is 27.5 Å². The third-order valence-electron chi connectivity index (χ3n) is 10.1. The third-order valence-corrected chi connectivity index (χ3v) is 10.7. The number of nitrogens with two attached hydrogens (primary N) is 1. The van der Waals surface area contributed by atoms with Gasteiger partial charge >= 0.3 is 6.09 Å². The first-order chi connectivity index (χ1) is 22.1. The van der Waals surface area contributed by atoms with Crippen molar-refractivity contribution in [3.63, 3.8) is 0 Å². The monoisotopic (exact) mass is 690 g/mol. The molecule has 0 aromatic heterocycles. The minimum atomic E-state index is -0.485. The summed E-state index contributed by atoms with van der Waals surface area (Å²) >= 11 is 12.4. The average Bonchev–Trinajstić information content (AvgIpc) is 2.96. The molecule has 2 aliphatic carbocycles. The van der Waals surface area contributed by atoms with Crippen LogP contribution in [0.5, 0.6) is 0 Å². The predicted octanol–water partition coefficient (Wildman–Crippen LogP) is 7.48. The number of alkyl carbamates (subject to hydrolysis) is 1. The third kappa shape index (κ3) is 8.39. The molecule has 2 spiro atoms. The largest absolute Gasteiger partial charge is 0.444 e. The van der Waals surface area contributed by atoms with Crippen molar-refractivity contribution in [2.45, 2.75) is 89.8 Å². The first-order valence-electron chi connectivity index (χ1n) is 16.2. The Kier molecular flexibility index (Phi) is 10.1. The van der Waals surface area contributed by atoms with E-state index in [9.17, 15) is 25.0 Å². The number of rotatable bonds is 5. The number of amides is 1. The van der Waals surface area contributed by atoms with Crippen molar-refractivity contribution in [2.75, 3.05) is 36.0 Å². The average molecular weight is 692 g/mol. The van der Waals surface area contributed by atoms with Crippen molar-refractivity contribution in [1.82, 2.24) is 5.32 Å². The fraction of sp³-hybridized carbons (Fsp3) is 0.606. The molecule has 6 rings (SSSR count). The number of nitrogens with zero attached hydrogens (tertiary/aromatic N) is 4. The number of carbonyl (C=O) groups excluding carboxylic acids is 1. The number of nitro benzene ring substituents is 2. The van der Waals surface area contributed by atoms with Crippen molar-refractivity contribution in [1.29, 1.82) is 0 Å². The molecule has 0 radical (unpaired) electrons. The molecule has 4 aliphatic rings. The second-order valence-corrected chi connectivity index (χ2v) is 15.5. The SMILES string of the molecule is CC(C)(C)OC(=O)NC1CC2(CCN(c3ccc([N+](=O)[O-])cc3Cl)CC2)C1.NC1CC2(CCN(c3ccc([N+](=O)[O-])cc3Cl)CC2)C1. The Morgan fingerprint density at radius 2 is 1.23 bits per heavy atom. The second-order valence-electron chi connectivity index (χ2n) is 14.7. The van der Waals surface area contributed by atoms with Gasteiger partial charge in [0, 0.05) is 62.5 Å². The molecule has 0 unspecified atom stereocenters. The summed E-state index contributed by atoms with van der Waals surface area (Å²) < 4.78 is 5.31. The molecule has 2 aliphatic heterocycles. The van der Waals surface area contributed by atoms with Crippen molar-refractivity contribution >= 4 is 52.0 Å². The number of piperidine rings is 2. The van der Waals surface area contributed by atoms with Gasteiger partial charge in [0.05, 0.1) is 31.3 Å². The van der Waals surface area contributed by atoms with E-state index in [1.807, 2.05) is 20.8 Å². The summed E-state index contributed by atoms with van der Waals surface area (Å²) in [6, 6.07) is 9.89.